The molecule has 0 spiro atoms. The Morgan fingerprint density at radius 2 is 0.780 bits per heavy atom. The first-order valence-corrected chi connectivity index (χ1v) is 34.6. The highest BCUT2D eigenvalue weighted by Crippen LogP contribution is 2.35. The van der Waals surface area contributed by atoms with Gasteiger partial charge in [0, 0.05) is 67.1 Å². The molecule has 0 fully saturated rings. The van der Waals surface area contributed by atoms with Gasteiger partial charge in [0.2, 0.25) is 16.3 Å². The van der Waals surface area contributed by atoms with Crippen LogP contribution in [0.1, 0.15) is 134 Å². The molecule has 0 aliphatic heterocycles. The molecular formula is C86H66N14O9. The number of fused-ring (bicyclic) bond motifs is 6. The zero-order chi connectivity index (χ0) is 76.1. The van der Waals surface area contributed by atoms with Crippen LogP contribution in [0.5, 0.6) is 0 Å². The molecule has 0 saturated heterocycles. The van der Waals surface area contributed by atoms with Gasteiger partial charge in [-0.3, -0.25) is 33.4 Å². The van der Waals surface area contributed by atoms with Gasteiger partial charge >= 0.3 is 0 Å². The quantitative estimate of drug-likeness (QED) is 0.0958. The number of hydrogen-bond donors (Lipinski definition) is 3. The summed E-state index contributed by atoms with van der Waals surface area (Å²) in [4.78, 5) is 94.6. The first-order valence-electron chi connectivity index (χ1n) is 34.6. The lowest BCUT2D eigenvalue weighted by Crippen LogP contribution is -2.28. The van der Waals surface area contributed by atoms with Gasteiger partial charge in [-0.25, -0.2) is 28.5 Å². The minimum Gasteiger partial charge on any atom is -0.458 e. The molecule has 23 nitrogen and oxygen atoms in total. The van der Waals surface area contributed by atoms with Gasteiger partial charge < -0.3 is 29.2 Å². The topological polar surface area (TPSA) is 286 Å². The van der Waals surface area contributed by atoms with Crippen molar-refractivity contribution in [3.63, 3.8) is 0 Å². The lowest BCUT2D eigenvalue weighted by Gasteiger charge is -2.18. The van der Waals surface area contributed by atoms with E-state index in [-0.39, 0.29) is 34.0 Å². The molecule has 3 amide bonds. The van der Waals surface area contributed by atoms with Crippen molar-refractivity contribution in [1.29, 1.82) is 0 Å². The van der Waals surface area contributed by atoms with Crippen LogP contribution < -0.4 is 32.2 Å². The van der Waals surface area contributed by atoms with Gasteiger partial charge in [0.15, 0.2) is 16.9 Å². The fraction of sp³-hybridized carbons (Fsp3) is 0.128. The molecule has 109 heavy (non-hydrogen) atoms. The van der Waals surface area contributed by atoms with E-state index in [1.807, 2.05) is 98.0 Å². The third-order valence-corrected chi connectivity index (χ3v) is 18.1. The Morgan fingerprint density at radius 3 is 1.11 bits per heavy atom. The van der Waals surface area contributed by atoms with Crippen molar-refractivity contribution in [3.8, 4) is 69.4 Å². The molecular weight excluding hydrogens is 1370 g/mol. The Balaban J connectivity index is 0.000000137. The van der Waals surface area contributed by atoms with E-state index in [4.69, 9.17) is 19.7 Å². The molecule has 10 heterocycles. The van der Waals surface area contributed by atoms with Crippen molar-refractivity contribution in [2.24, 2.45) is 7.05 Å². The number of terminal acetylenes is 1. The van der Waals surface area contributed by atoms with Crippen LogP contribution in [0.4, 0.5) is 0 Å². The summed E-state index contributed by atoms with van der Waals surface area (Å²) in [6, 6.07) is 46.9. The second kappa shape index (κ2) is 30.4. The highest BCUT2D eigenvalue weighted by molar-refractivity contribution is 6.03. The van der Waals surface area contributed by atoms with Crippen molar-refractivity contribution in [2.75, 3.05) is 0 Å². The standard InChI is InChI=1S/C31H24N6O3.C28H22N4O3.C27H20N4O3/c1-19-25(30-32-15-8-16-37(30)35-19)31(39)34-20(2)29-27(22-9-5-4-6-10-22)28(38)26-23(11-7-12-24(26)40-29)14-13-21-17-33-36(3)18-21;1-4-10-19-13-8-14-21-23(19)25(33)24(20-11-6-5-7-12-20)26(35-21)18(3)30-28(34)22-17(2)31-32-16-9-15-29-27(22)32;1-4-18-12-8-13-20-22(18)24(32)23(19-10-6-5-7-11-19)25(34-20)17(3)29-27(33)21-16(2)30-31-15-9-14-28-26(21)31/h4-12,15-18,20H,1-3H3,(H,34,39);5-9,11-16,18H,1-3H3,(H,30,34);1,5-15,17H,2-3H3,(H,29,33). The maximum Gasteiger partial charge on any atom is 0.257 e. The average molecular weight is 1440 g/mol. The molecule has 16 aromatic rings. The van der Waals surface area contributed by atoms with E-state index in [1.165, 1.54) is 0 Å². The van der Waals surface area contributed by atoms with E-state index in [0.29, 0.717) is 151 Å². The Bertz CT molecular complexity index is 6660. The summed E-state index contributed by atoms with van der Waals surface area (Å²) in [7, 11) is 1.82. The number of hydrogen-bond acceptors (Lipinski definition) is 16. The van der Waals surface area contributed by atoms with Crippen molar-refractivity contribution in [1.82, 2.24) is 69.5 Å². The maximum atomic E-state index is 14.2. The van der Waals surface area contributed by atoms with Crippen LogP contribution >= 0.6 is 0 Å². The predicted octanol–water partition coefficient (Wildman–Crippen LogP) is 13.4. The summed E-state index contributed by atoms with van der Waals surface area (Å²) in [5, 5.41) is 27.3. The number of nitrogens with one attached hydrogen (secondary N) is 3. The van der Waals surface area contributed by atoms with Crippen molar-refractivity contribution in [3.05, 3.63) is 317 Å². The normalized spacial score (nSPS) is 11.8. The molecule has 16 rings (SSSR count). The largest absolute Gasteiger partial charge is 0.458 e. The highest BCUT2D eigenvalue weighted by Gasteiger charge is 2.30. The first-order chi connectivity index (χ1) is 52.9. The van der Waals surface area contributed by atoms with Gasteiger partial charge in [0.25, 0.3) is 17.7 Å². The van der Waals surface area contributed by atoms with Crippen molar-refractivity contribution in [2.45, 2.75) is 66.6 Å². The average Bonchev–Trinajstić information content (AvgIpc) is 1.73. The van der Waals surface area contributed by atoms with Crippen LogP contribution in [0, 0.1) is 56.8 Å². The number of rotatable bonds is 12. The summed E-state index contributed by atoms with van der Waals surface area (Å²) in [6.45, 7) is 12.3. The molecule has 3 N–H and O–H groups in total. The molecule has 534 valence electrons. The lowest BCUT2D eigenvalue weighted by molar-refractivity contribution is 0.0928. The third kappa shape index (κ3) is 14.0. The predicted molar refractivity (Wildman–Crippen MR) is 414 cm³/mol. The smallest absolute Gasteiger partial charge is 0.257 e. The molecule has 0 saturated carbocycles. The number of aryl methyl sites for hydroxylation is 4. The molecule has 6 aromatic carbocycles. The second-order valence-corrected chi connectivity index (χ2v) is 25.4. The monoisotopic (exact) mass is 1440 g/mol. The van der Waals surface area contributed by atoms with Gasteiger partial charge in [-0.1, -0.05) is 133 Å². The van der Waals surface area contributed by atoms with Crippen LogP contribution in [-0.4, -0.2) is 71.3 Å². The zero-order valence-corrected chi connectivity index (χ0v) is 60.1. The summed E-state index contributed by atoms with van der Waals surface area (Å²) in [6.07, 6.45) is 19.2. The van der Waals surface area contributed by atoms with Crippen LogP contribution in [0.2, 0.25) is 0 Å². The van der Waals surface area contributed by atoms with Gasteiger partial charge in [-0.2, -0.15) is 20.4 Å². The molecule has 0 aliphatic rings. The van der Waals surface area contributed by atoms with Crippen LogP contribution in [-0.2, 0) is 7.05 Å². The van der Waals surface area contributed by atoms with Crippen LogP contribution in [0.15, 0.2) is 241 Å². The van der Waals surface area contributed by atoms with E-state index in [9.17, 15) is 28.8 Å². The Kier molecular flexibility index (Phi) is 19.9. The van der Waals surface area contributed by atoms with Gasteiger partial charge in [-0.05, 0) is 120 Å². The van der Waals surface area contributed by atoms with Gasteiger partial charge in [-0.15, -0.1) is 12.3 Å². The van der Waals surface area contributed by atoms with E-state index in [2.05, 4.69) is 80.9 Å². The SMILES string of the molecule is C#Cc1cccc2oc(C(C)NC(=O)c3c(C)nn4cccnc34)c(-c3ccccc3)c(=O)c12.CC#Cc1cccc2oc(C(C)NC(=O)c3c(C)nn4cccnc34)c(-c3ccccc3)c(=O)c12.Cc1nn2cccnc2c1C(=O)NC(C)c1oc2cccc(C#Cc3cnn(C)c3)c2c(=O)c1-c1ccccc1. The Labute approximate surface area is 622 Å². The molecule has 23 heteroatoms. The minimum absolute atomic E-state index is 0.194. The minimum atomic E-state index is -0.650. The van der Waals surface area contributed by atoms with E-state index in [1.54, 1.807) is 189 Å². The number of nitrogens with zero attached hydrogens (tertiary/aromatic N) is 11. The van der Waals surface area contributed by atoms with Crippen molar-refractivity contribution >= 4 is 67.6 Å². The number of aromatic nitrogens is 11. The fourth-order valence-corrected chi connectivity index (χ4v) is 13.2. The fourth-order valence-electron chi connectivity index (χ4n) is 13.2. The lowest BCUT2D eigenvalue weighted by atomic mass is 9.97. The second-order valence-electron chi connectivity index (χ2n) is 25.4. The van der Waals surface area contributed by atoms with Crippen LogP contribution in [0.3, 0.4) is 0 Å². The molecule has 10 aromatic heterocycles. The Morgan fingerprint density at radius 1 is 0.440 bits per heavy atom. The summed E-state index contributed by atoms with van der Waals surface area (Å²) >= 11 is 0. The van der Waals surface area contributed by atoms with Crippen molar-refractivity contribution < 1.29 is 27.6 Å². The van der Waals surface area contributed by atoms with Gasteiger partial charge in [0.05, 0.1) is 79.8 Å². The summed E-state index contributed by atoms with van der Waals surface area (Å²) < 4.78 is 25.3. The van der Waals surface area contributed by atoms with E-state index in [0.717, 1.165) is 5.56 Å². The van der Waals surface area contributed by atoms with Crippen LogP contribution in [0.25, 0.3) is 83.2 Å². The van der Waals surface area contributed by atoms with E-state index < -0.39 is 18.1 Å². The first kappa shape index (κ1) is 71.1. The summed E-state index contributed by atoms with van der Waals surface area (Å²) in [5.41, 5.74) is 10.1. The number of benzene rings is 6. The molecule has 0 radical (unpaired) electrons. The molecule has 3 atom stereocenters. The molecule has 0 aliphatic carbocycles. The third-order valence-electron chi connectivity index (χ3n) is 18.1. The highest BCUT2D eigenvalue weighted by atomic mass is 16.3. The van der Waals surface area contributed by atoms with Gasteiger partial charge in [0.1, 0.15) is 50.7 Å². The Hall–Kier alpha value is -14.9. The summed E-state index contributed by atoms with van der Waals surface area (Å²) in [5.74, 6) is 14.6. The molecule has 0 bridgehead atoms. The van der Waals surface area contributed by atoms with E-state index >= 15 is 0 Å². The maximum absolute atomic E-state index is 14.2. The number of carbonyl (C=O) groups excluding carboxylic acids is 3. The number of carbonyl (C=O) groups is 3. The zero-order valence-electron chi connectivity index (χ0n) is 60.1. The molecule has 3 unspecified atom stereocenters. The number of amides is 3.